The topological polar surface area (TPSA) is 84.0 Å². The number of amides is 1. The highest BCUT2D eigenvalue weighted by atomic mass is 32.2. The van der Waals surface area contributed by atoms with Crippen LogP contribution in [0.1, 0.15) is 18.5 Å². The van der Waals surface area contributed by atoms with Crippen LogP contribution in [0.15, 0.2) is 54.2 Å². The number of hydrogen-bond donors (Lipinski definition) is 2. The van der Waals surface area contributed by atoms with Crippen LogP contribution in [-0.4, -0.2) is 25.3 Å². The van der Waals surface area contributed by atoms with Gasteiger partial charge in [0.15, 0.2) is 5.13 Å². The van der Waals surface area contributed by atoms with Gasteiger partial charge in [0, 0.05) is 23.5 Å². The fourth-order valence-corrected chi connectivity index (χ4v) is 4.48. The molecular formula is C19H16F2N4O2S2. The molecule has 6 nitrogen and oxygen atoms in total. The Bertz CT molecular complexity index is 1040. The largest absolute Gasteiger partial charge is 0.367 e. The Hall–Kier alpha value is -2.72. The molecule has 10 heteroatoms. The molecule has 0 radical (unpaired) electrons. The van der Waals surface area contributed by atoms with Crippen LogP contribution in [0.5, 0.6) is 0 Å². The SMILES string of the molecule is O=C(Nc1ccc(-c2cccnc2)cc1)C(F)(F)c1csc(NS(=O)C2CC2)n1. The second kappa shape index (κ2) is 7.96. The number of carbonyl (C=O) groups is 1. The van der Waals surface area contributed by atoms with Crippen LogP contribution in [0.4, 0.5) is 19.6 Å². The third-order valence-corrected chi connectivity index (χ3v) is 6.62. The summed E-state index contributed by atoms with van der Waals surface area (Å²) < 4.78 is 43.5. The van der Waals surface area contributed by atoms with Crippen molar-refractivity contribution in [2.45, 2.75) is 24.0 Å². The minimum atomic E-state index is -3.82. The maximum Gasteiger partial charge on any atom is 0.367 e. The molecule has 2 N–H and O–H groups in total. The summed E-state index contributed by atoms with van der Waals surface area (Å²) in [6.45, 7) is 0. The fourth-order valence-electron chi connectivity index (χ4n) is 2.52. The van der Waals surface area contributed by atoms with Gasteiger partial charge in [-0.3, -0.25) is 14.5 Å². The zero-order chi connectivity index (χ0) is 20.4. The van der Waals surface area contributed by atoms with Gasteiger partial charge in [-0.05, 0) is 42.2 Å². The van der Waals surface area contributed by atoms with Crippen molar-refractivity contribution in [1.29, 1.82) is 0 Å². The van der Waals surface area contributed by atoms with Crippen molar-refractivity contribution in [3.8, 4) is 11.1 Å². The molecule has 0 spiro atoms. The van der Waals surface area contributed by atoms with E-state index in [1.807, 2.05) is 6.07 Å². The summed E-state index contributed by atoms with van der Waals surface area (Å²) in [5, 5.41) is 3.46. The van der Waals surface area contributed by atoms with Crippen molar-refractivity contribution in [1.82, 2.24) is 9.97 Å². The van der Waals surface area contributed by atoms with E-state index in [9.17, 15) is 17.8 Å². The molecule has 2 heterocycles. The molecular weight excluding hydrogens is 418 g/mol. The monoisotopic (exact) mass is 434 g/mol. The lowest BCUT2D eigenvalue weighted by molar-refractivity contribution is -0.141. The summed E-state index contributed by atoms with van der Waals surface area (Å²) >= 11 is 0.892. The second-order valence-electron chi connectivity index (χ2n) is 6.48. The van der Waals surface area contributed by atoms with Crippen LogP contribution < -0.4 is 10.0 Å². The van der Waals surface area contributed by atoms with Gasteiger partial charge in [0.05, 0.1) is 5.25 Å². The number of aromatic nitrogens is 2. The molecule has 0 aliphatic heterocycles. The molecule has 1 saturated carbocycles. The molecule has 1 aliphatic carbocycles. The number of nitrogens with zero attached hydrogens (tertiary/aromatic N) is 2. The Morgan fingerprint density at radius 1 is 1.17 bits per heavy atom. The fraction of sp³-hybridized carbons (Fsp3) is 0.211. The predicted octanol–water partition coefficient (Wildman–Crippen LogP) is 4.17. The average molecular weight is 434 g/mol. The minimum Gasteiger partial charge on any atom is -0.320 e. The molecule has 1 amide bonds. The van der Waals surface area contributed by atoms with Gasteiger partial charge in [-0.25, -0.2) is 9.19 Å². The molecule has 0 saturated heterocycles. The van der Waals surface area contributed by atoms with E-state index in [0.29, 0.717) is 0 Å². The number of hydrogen-bond acceptors (Lipinski definition) is 5. The standard InChI is InChI=1S/C19H16F2N4O2S2/c20-19(21,16-11-28-18(24-16)25-29(27)15-7-8-15)17(26)23-14-5-3-12(4-6-14)13-2-1-9-22-10-13/h1-6,9-11,15H,7-8H2,(H,23,26)(H,24,25). The first-order valence-corrected chi connectivity index (χ1v) is 10.9. The highest BCUT2D eigenvalue weighted by Gasteiger charge is 2.43. The Balaban J connectivity index is 1.43. The average Bonchev–Trinajstić information content (AvgIpc) is 3.48. The van der Waals surface area contributed by atoms with Gasteiger partial charge in [-0.2, -0.15) is 8.78 Å². The number of rotatable bonds is 7. The quantitative estimate of drug-likeness (QED) is 0.585. The summed E-state index contributed by atoms with van der Waals surface area (Å²) in [4.78, 5) is 19.9. The van der Waals surface area contributed by atoms with E-state index in [1.54, 1.807) is 42.7 Å². The first kappa shape index (κ1) is 19.6. The molecule has 1 fully saturated rings. The summed E-state index contributed by atoms with van der Waals surface area (Å²) in [5.74, 6) is -5.30. The van der Waals surface area contributed by atoms with Crippen molar-refractivity contribution in [2.75, 3.05) is 10.0 Å². The molecule has 2 aromatic heterocycles. The third kappa shape index (κ3) is 4.48. The lowest BCUT2D eigenvalue weighted by atomic mass is 10.1. The van der Waals surface area contributed by atoms with Crippen LogP contribution in [-0.2, 0) is 21.7 Å². The van der Waals surface area contributed by atoms with Gasteiger partial charge < -0.3 is 5.32 Å². The van der Waals surface area contributed by atoms with E-state index in [4.69, 9.17) is 0 Å². The Kier molecular flexibility index (Phi) is 5.37. The zero-order valence-corrected chi connectivity index (χ0v) is 16.6. The predicted molar refractivity (Wildman–Crippen MR) is 109 cm³/mol. The van der Waals surface area contributed by atoms with Crippen molar-refractivity contribution in [3.63, 3.8) is 0 Å². The second-order valence-corrected chi connectivity index (χ2v) is 8.81. The Morgan fingerprint density at radius 2 is 1.93 bits per heavy atom. The lowest BCUT2D eigenvalue weighted by Gasteiger charge is -2.14. The van der Waals surface area contributed by atoms with Gasteiger partial charge in [0.2, 0.25) is 0 Å². The molecule has 29 heavy (non-hydrogen) atoms. The normalized spacial score (nSPS) is 15.0. The van der Waals surface area contributed by atoms with Crippen LogP contribution in [0.2, 0.25) is 0 Å². The number of halogens is 2. The van der Waals surface area contributed by atoms with Crippen LogP contribution in [0.3, 0.4) is 0 Å². The van der Waals surface area contributed by atoms with E-state index in [1.165, 1.54) is 0 Å². The number of carbonyl (C=O) groups excluding carboxylic acids is 1. The Labute approximate surface area is 172 Å². The smallest absolute Gasteiger partial charge is 0.320 e. The number of alkyl halides is 2. The van der Waals surface area contributed by atoms with E-state index >= 15 is 0 Å². The van der Waals surface area contributed by atoms with Crippen molar-refractivity contribution >= 4 is 39.0 Å². The summed E-state index contributed by atoms with van der Waals surface area (Å²) in [6, 6.07) is 10.2. The molecule has 1 atom stereocenters. The number of benzene rings is 1. The maximum absolute atomic E-state index is 14.5. The van der Waals surface area contributed by atoms with Gasteiger partial charge in [-0.1, -0.05) is 18.2 Å². The molecule has 3 aromatic rings. The van der Waals surface area contributed by atoms with Crippen LogP contribution in [0.25, 0.3) is 11.1 Å². The van der Waals surface area contributed by atoms with E-state index in [-0.39, 0.29) is 16.1 Å². The Morgan fingerprint density at radius 3 is 2.59 bits per heavy atom. The first-order chi connectivity index (χ1) is 13.9. The summed E-state index contributed by atoms with van der Waals surface area (Å²) in [6.07, 6.45) is 5.03. The molecule has 1 aromatic carbocycles. The first-order valence-electron chi connectivity index (χ1n) is 8.76. The van der Waals surface area contributed by atoms with E-state index < -0.39 is 28.5 Å². The van der Waals surface area contributed by atoms with Gasteiger partial charge in [-0.15, -0.1) is 11.3 Å². The third-order valence-electron chi connectivity index (χ3n) is 4.26. The van der Waals surface area contributed by atoms with E-state index in [0.717, 1.165) is 40.7 Å². The molecule has 1 unspecified atom stereocenters. The summed E-state index contributed by atoms with van der Waals surface area (Å²) in [7, 11) is -1.34. The molecule has 150 valence electrons. The molecule has 0 bridgehead atoms. The van der Waals surface area contributed by atoms with Gasteiger partial charge in [0.25, 0.3) is 0 Å². The number of anilines is 2. The minimum absolute atomic E-state index is 0.0424. The van der Waals surface area contributed by atoms with Crippen molar-refractivity contribution in [2.24, 2.45) is 0 Å². The number of thiazole rings is 1. The van der Waals surface area contributed by atoms with E-state index in [2.05, 4.69) is 20.0 Å². The molecule has 1 aliphatic rings. The lowest BCUT2D eigenvalue weighted by Crippen LogP contribution is -2.32. The zero-order valence-electron chi connectivity index (χ0n) is 15.0. The number of nitrogens with one attached hydrogen (secondary N) is 2. The highest BCUT2D eigenvalue weighted by molar-refractivity contribution is 7.87. The van der Waals surface area contributed by atoms with Gasteiger partial charge in [0.1, 0.15) is 16.7 Å². The van der Waals surface area contributed by atoms with Crippen molar-refractivity contribution in [3.05, 3.63) is 59.9 Å². The van der Waals surface area contributed by atoms with Crippen molar-refractivity contribution < 1.29 is 17.8 Å². The molecule has 4 rings (SSSR count). The summed E-state index contributed by atoms with van der Waals surface area (Å²) in [5.41, 5.74) is 1.29. The van der Waals surface area contributed by atoms with Crippen LogP contribution in [0, 0.1) is 0 Å². The van der Waals surface area contributed by atoms with Gasteiger partial charge >= 0.3 is 11.8 Å². The highest BCUT2D eigenvalue weighted by Crippen LogP contribution is 2.34. The number of pyridine rings is 1. The van der Waals surface area contributed by atoms with Crippen LogP contribution >= 0.6 is 11.3 Å². The maximum atomic E-state index is 14.5.